The van der Waals surface area contributed by atoms with Gasteiger partial charge in [0, 0.05) is 22.4 Å². The standard InChI is InChI=1S/C20H16O7S/c1-11-7-17-13(9-16(11)27-28(3,22)23)14(10-19(21)25-17)18-8-12-5-4-6-15(24-2)20(12)26-18/h4-10H,1-3H3. The molecule has 0 unspecified atom stereocenters. The number of para-hydroxylation sites is 1. The summed E-state index contributed by atoms with van der Waals surface area (Å²) in [6.45, 7) is 1.67. The van der Waals surface area contributed by atoms with E-state index in [4.69, 9.17) is 17.8 Å². The molecule has 144 valence electrons. The number of aryl methyl sites for hydroxylation is 1. The maximum Gasteiger partial charge on any atom is 0.336 e. The Kier molecular flexibility index (Phi) is 4.15. The van der Waals surface area contributed by atoms with Gasteiger partial charge in [-0.3, -0.25) is 0 Å². The van der Waals surface area contributed by atoms with Gasteiger partial charge in [-0.15, -0.1) is 0 Å². The molecule has 0 aliphatic carbocycles. The van der Waals surface area contributed by atoms with Gasteiger partial charge in [0.05, 0.1) is 13.4 Å². The second kappa shape index (κ2) is 6.42. The van der Waals surface area contributed by atoms with Crippen molar-refractivity contribution < 1.29 is 26.2 Å². The molecule has 0 saturated carbocycles. The normalized spacial score (nSPS) is 11.8. The van der Waals surface area contributed by atoms with Crippen molar-refractivity contribution in [1.82, 2.24) is 0 Å². The smallest absolute Gasteiger partial charge is 0.336 e. The Balaban J connectivity index is 2.01. The Morgan fingerprint density at radius 3 is 2.50 bits per heavy atom. The number of hydrogen-bond acceptors (Lipinski definition) is 7. The van der Waals surface area contributed by atoms with Crippen molar-refractivity contribution in [3.63, 3.8) is 0 Å². The van der Waals surface area contributed by atoms with Crippen molar-refractivity contribution in [2.45, 2.75) is 6.92 Å². The molecule has 0 N–H and O–H groups in total. The predicted molar refractivity (Wildman–Crippen MR) is 104 cm³/mol. The Morgan fingerprint density at radius 2 is 1.79 bits per heavy atom. The van der Waals surface area contributed by atoms with Crippen LogP contribution in [0.4, 0.5) is 0 Å². The summed E-state index contributed by atoms with van der Waals surface area (Å²) in [5, 5.41) is 1.29. The lowest BCUT2D eigenvalue weighted by atomic mass is 10.1. The highest BCUT2D eigenvalue weighted by Gasteiger charge is 2.17. The highest BCUT2D eigenvalue weighted by molar-refractivity contribution is 7.86. The van der Waals surface area contributed by atoms with Crippen molar-refractivity contribution in [2.24, 2.45) is 0 Å². The second-order valence-electron chi connectivity index (χ2n) is 6.37. The summed E-state index contributed by atoms with van der Waals surface area (Å²) in [4.78, 5) is 12.1. The first-order valence-corrected chi connectivity index (χ1v) is 10.1. The summed E-state index contributed by atoms with van der Waals surface area (Å²) in [6, 6.07) is 11.6. The lowest BCUT2D eigenvalue weighted by Gasteiger charge is -2.09. The van der Waals surface area contributed by atoms with E-state index in [1.165, 1.54) is 12.1 Å². The van der Waals surface area contributed by atoms with E-state index in [-0.39, 0.29) is 5.75 Å². The van der Waals surface area contributed by atoms with Gasteiger partial charge in [-0.25, -0.2) is 4.79 Å². The first-order chi connectivity index (χ1) is 13.2. The van der Waals surface area contributed by atoms with E-state index < -0.39 is 15.7 Å². The molecule has 4 aromatic rings. The van der Waals surface area contributed by atoms with Gasteiger partial charge in [-0.2, -0.15) is 8.42 Å². The maximum atomic E-state index is 12.1. The van der Waals surface area contributed by atoms with E-state index >= 15 is 0 Å². The van der Waals surface area contributed by atoms with Crippen LogP contribution in [0.1, 0.15) is 5.56 Å². The quantitative estimate of drug-likeness (QED) is 0.379. The molecule has 7 nitrogen and oxygen atoms in total. The van der Waals surface area contributed by atoms with E-state index in [2.05, 4.69) is 0 Å². The van der Waals surface area contributed by atoms with Gasteiger partial charge < -0.3 is 17.8 Å². The molecule has 2 heterocycles. The summed E-state index contributed by atoms with van der Waals surface area (Å²) in [7, 11) is -2.17. The predicted octanol–water partition coefficient (Wildman–Crippen LogP) is 3.86. The minimum atomic E-state index is -3.72. The molecule has 0 spiro atoms. The Hall–Kier alpha value is -3.26. The highest BCUT2D eigenvalue weighted by atomic mass is 32.2. The van der Waals surface area contributed by atoms with Crippen LogP contribution in [0, 0.1) is 6.92 Å². The fraction of sp³-hybridized carbons (Fsp3) is 0.150. The maximum absolute atomic E-state index is 12.1. The average Bonchev–Trinajstić information content (AvgIpc) is 3.05. The summed E-state index contributed by atoms with van der Waals surface area (Å²) in [5.74, 6) is 1.14. The second-order valence-corrected chi connectivity index (χ2v) is 7.94. The van der Waals surface area contributed by atoms with Crippen LogP contribution in [0.15, 0.2) is 56.1 Å². The average molecular weight is 400 g/mol. The SMILES string of the molecule is COc1cccc2cc(-c3cc(=O)oc4cc(C)c(OS(C)(=O)=O)cc34)oc12. The Morgan fingerprint density at radius 1 is 1.00 bits per heavy atom. The van der Waals surface area contributed by atoms with Crippen molar-refractivity contribution >= 4 is 32.1 Å². The van der Waals surface area contributed by atoms with Gasteiger partial charge in [0.1, 0.15) is 17.1 Å². The third-order valence-electron chi connectivity index (χ3n) is 4.27. The molecular weight excluding hydrogens is 384 g/mol. The molecule has 0 fully saturated rings. The lowest BCUT2D eigenvalue weighted by molar-refractivity contribution is 0.411. The third kappa shape index (κ3) is 3.22. The molecule has 2 aromatic carbocycles. The van der Waals surface area contributed by atoms with Gasteiger partial charge >= 0.3 is 15.7 Å². The Labute approximate surface area is 160 Å². The van der Waals surface area contributed by atoms with Crippen LogP contribution in [0.3, 0.4) is 0 Å². The molecule has 0 amide bonds. The molecule has 4 rings (SSSR count). The van der Waals surface area contributed by atoms with E-state index in [0.29, 0.717) is 39.2 Å². The number of furan rings is 1. The molecule has 0 radical (unpaired) electrons. The summed E-state index contributed by atoms with van der Waals surface area (Å²) < 4.78 is 44.7. The van der Waals surface area contributed by atoms with Crippen molar-refractivity contribution in [3.8, 4) is 22.8 Å². The zero-order valence-corrected chi connectivity index (χ0v) is 16.1. The fourth-order valence-electron chi connectivity index (χ4n) is 3.08. The molecule has 0 aliphatic rings. The summed E-state index contributed by atoms with van der Waals surface area (Å²) >= 11 is 0. The highest BCUT2D eigenvalue weighted by Crippen LogP contribution is 2.37. The fourth-order valence-corrected chi connectivity index (χ4v) is 3.58. The van der Waals surface area contributed by atoms with E-state index in [9.17, 15) is 13.2 Å². The van der Waals surface area contributed by atoms with Crippen LogP contribution < -0.4 is 14.5 Å². The van der Waals surface area contributed by atoms with E-state index in [1.54, 1.807) is 32.2 Å². The zero-order valence-electron chi connectivity index (χ0n) is 15.3. The van der Waals surface area contributed by atoms with Crippen LogP contribution in [-0.2, 0) is 10.1 Å². The summed E-state index contributed by atoms with van der Waals surface area (Å²) in [5.41, 5.74) is 1.27. The topological polar surface area (TPSA) is 96.0 Å². The minimum Gasteiger partial charge on any atom is -0.493 e. The largest absolute Gasteiger partial charge is 0.493 e. The molecule has 0 saturated heterocycles. The third-order valence-corrected chi connectivity index (χ3v) is 4.76. The van der Waals surface area contributed by atoms with Gasteiger partial charge in [0.15, 0.2) is 11.3 Å². The van der Waals surface area contributed by atoms with Gasteiger partial charge in [-0.1, -0.05) is 12.1 Å². The first-order valence-electron chi connectivity index (χ1n) is 8.30. The zero-order chi connectivity index (χ0) is 20.1. The number of rotatable bonds is 4. The minimum absolute atomic E-state index is 0.152. The molecule has 0 bridgehead atoms. The monoisotopic (exact) mass is 400 g/mol. The molecular formula is C20H16O7S. The van der Waals surface area contributed by atoms with E-state index in [1.807, 2.05) is 12.1 Å². The molecule has 0 aliphatic heterocycles. The number of methoxy groups -OCH3 is 1. The van der Waals surface area contributed by atoms with Crippen molar-refractivity contribution in [2.75, 3.05) is 13.4 Å². The lowest BCUT2D eigenvalue weighted by Crippen LogP contribution is -2.07. The number of hydrogen-bond donors (Lipinski definition) is 0. The van der Waals surface area contributed by atoms with Crippen LogP contribution in [0.5, 0.6) is 11.5 Å². The molecule has 0 atom stereocenters. The van der Waals surface area contributed by atoms with Crippen molar-refractivity contribution in [3.05, 3.63) is 58.4 Å². The van der Waals surface area contributed by atoms with Crippen LogP contribution >= 0.6 is 0 Å². The van der Waals surface area contributed by atoms with Crippen LogP contribution in [-0.4, -0.2) is 21.8 Å². The van der Waals surface area contributed by atoms with E-state index in [0.717, 1.165) is 11.6 Å². The molecule has 28 heavy (non-hydrogen) atoms. The van der Waals surface area contributed by atoms with Gasteiger partial charge in [0.25, 0.3) is 0 Å². The van der Waals surface area contributed by atoms with Crippen LogP contribution in [0.2, 0.25) is 0 Å². The van der Waals surface area contributed by atoms with Gasteiger partial charge in [-0.05, 0) is 36.8 Å². The molecule has 2 aromatic heterocycles. The molecule has 8 heteroatoms. The first kappa shape index (κ1) is 18.1. The Bertz CT molecular complexity index is 1380. The number of ether oxygens (including phenoxy) is 1. The van der Waals surface area contributed by atoms with Gasteiger partial charge in [0.2, 0.25) is 0 Å². The summed E-state index contributed by atoms with van der Waals surface area (Å²) in [6.07, 6.45) is 0.966. The number of benzene rings is 2. The van der Waals surface area contributed by atoms with Crippen molar-refractivity contribution in [1.29, 1.82) is 0 Å². The van der Waals surface area contributed by atoms with Crippen LogP contribution in [0.25, 0.3) is 33.3 Å². The number of fused-ring (bicyclic) bond motifs is 2.